The highest BCUT2D eigenvalue weighted by atomic mass is 16.5. The summed E-state index contributed by atoms with van der Waals surface area (Å²) in [5, 5.41) is 8.87. The molecule has 0 aliphatic rings. The van der Waals surface area contributed by atoms with Crippen molar-refractivity contribution in [2.75, 3.05) is 12.3 Å². The molecule has 1 atom stereocenters. The molecule has 4 N–H and O–H groups in total. The monoisotopic (exact) mass is 213 g/mol. The molecule has 15 heavy (non-hydrogen) atoms. The molecule has 0 aliphatic heterocycles. The molecule has 0 bridgehead atoms. The predicted molar refractivity (Wildman–Crippen MR) is 53.7 cm³/mol. The van der Waals surface area contributed by atoms with Crippen LogP contribution in [0.4, 0.5) is 5.95 Å². The smallest absolute Gasteiger partial charge is 0.249 e. The van der Waals surface area contributed by atoms with E-state index in [1.54, 1.807) is 6.92 Å². The Hall–Kier alpha value is -1.63. The Morgan fingerprint density at radius 2 is 2.47 bits per heavy atom. The number of aromatic amines is 1. The number of amides is 1. The van der Waals surface area contributed by atoms with E-state index in [1.165, 1.54) is 0 Å². The molecular formula is C8H15N5O2. The Kier molecular flexibility index (Phi) is 4.04. The third-order valence-corrected chi connectivity index (χ3v) is 1.76. The van der Waals surface area contributed by atoms with E-state index in [1.807, 2.05) is 6.92 Å². The van der Waals surface area contributed by atoms with Gasteiger partial charge >= 0.3 is 0 Å². The standard InChI is InChI=1S/C8H15N5O2/c1-3-15-5(2)7(14)10-4-6-11-8(9)13-12-6/h5H,3-4H2,1-2H3,(H,10,14)(H3,9,11,12,13). The minimum atomic E-state index is -0.463. The highest BCUT2D eigenvalue weighted by Crippen LogP contribution is 1.94. The number of hydrogen-bond acceptors (Lipinski definition) is 5. The van der Waals surface area contributed by atoms with Gasteiger partial charge in [-0.15, -0.1) is 5.10 Å². The SMILES string of the molecule is CCOC(C)C(=O)NCc1nc(N)n[nH]1. The van der Waals surface area contributed by atoms with Crippen molar-refractivity contribution in [1.82, 2.24) is 20.5 Å². The number of carbonyl (C=O) groups is 1. The minimum Gasteiger partial charge on any atom is -0.369 e. The third kappa shape index (κ3) is 3.55. The second-order valence-corrected chi connectivity index (χ2v) is 2.96. The fraction of sp³-hybridized carbons (Fsp3) is 0.625. The maximum absolute atomic E-state index is 11.4. The average Bonchev–Trinajstić information content (AvgIpc) is 2.61. The summed E-state index contributed by atoms with van der Waals surface area (Å²) in [4.78, 5) is 15.2. The summed E-state index contributed by atoms with van der Waals surface area (Å²) in [7, 11) is 0. The van der Waals surface area contributed by atoms with Crippen molar-refractivity contribution < 1.29 is 9.53 Å². The number of nitrogens with one attached hydrogen (secondary N) is 2. The molecule has 0 saturated carbocycles. The van der Waals surface area contributed by atoms with E-state index in [-0.39, 0.29) is 18.4 Å². The molecule has 0 saturated heterocycles. The molecule has 1 rings (SSSR count). The van der Waals surface area contributed by atoms with Crippen LogP contribution in [-0.2, 0) is 16.1 Å². The lowest BCUT2D eigenvalue weighted by molar-refractivity contribution is -0.131. The third-order valence-electron chi connectivity index (χ3n) is 1.76. The Balaban J connectivity index is 2.34. The normalized spacial score (nSPS) is 12.4. The Labute approximate surface area is 87.4 Å². The van der Waals surface area contributed by atoms with E-state index >= 15 is 0 Å². The number of hydrogen-bond donors (Lipinski definition) is 3. The maximum Gasteiger partial charge on any atom is 0.249 e. The van der Waals surface area contributed by atoms with E-state index in [0.29, 0.717) is 12.4 Å². The fourth-order valence-electron chi connectivity index (χ4n) is 1.03. The first-order valence-corrected chi connectivity index (χ1v) is 4.69. The van der Waals surface area contributed by atoms with Crippen molar-refractivity contribution in [3.8, 4) is 0 Å². The topological polar surface area (TPSA) is 106 Å². The molecule has 0 radical (unpaired) electrons. The average molecular weight is 213 g/mol. The summed E-state index contributed by atoms with van der Waals surface area (Å²) < 4.78 is 5.11. The van der Waals surface area contributed by atoms with E-state index in [9.17, 15) is 4.79 Å². The molecular weight excluding hydrogens is 198 g/mol. The van der Waals surface area contributed by atoms with Crippen LogP contribution in [-0.4, -0.2) is 33.8 Å². The highest BCUT2D eigenvalue weighted by molar-refractivity contribution is 5.80. The van der Waals surface area contributed by atoms with Crippen LogP contribution in [0.3, 0.4) is 0 Å². The van der Waals surface area contributed by atoms with Crippen LogP contribution in [0.2, 0.25) is 0 Å². The summed E-state index contributed by atoms with van der Waals surface area (Å²) >= 11 is 0. The number of anilines is 1. The molecule has 1 amide bonds. The van der Waals surface area contributed by atoms with Gasteiger partial charge in [0.2, 0.25) is 11.9 Å². The van der Waals surface area contributed by atoms with Gasteiger partial charge in [0.05, 0.1) is 6.54 Å². The minimum absolute atomic E-state index is 0.164. The van der Waals surface area contributed by atoms with Gasteiger partial charge in [0, 0.05) is 6.61 Å². The molecule has 1 heterocycles. The Morgan fingerprint density at radius 1 is 1.73 bits per heavy atom. The van der Waals surface area contributed by atoms with Gasteiger partial charge in [-0.3, -0.25) is 9.89 Å². The van der Waals surface area contributed by atoms with Gasteiger partial charge in [-0.1, -0.05) is 0 Å². The highest BCUT2D eigenvalue weighted by Gasteiger charge is 2.12. The molecule has 0 aromatic carbocycles. The predicted octanol–water partition coefficient (Wildman–Crippen LogP) is -0.572. The lowest BCUT2D eigenvalue weighted by Gasteiger charge is -2.10. The largest absolute Gasteiger partial charge is 0.369 e. The Morgan fingerprint density at radius 3 is 3.00 bits per heavy atom. The maximum atomic E-state index is 11.4. The molecule has 1 unspecified atom stereocenters. The lowest BCUT2D eigenvalue weighted by atomic mass is 10.3. The van der Waals surface area contributed by atoms with Gasteiger partial charge < -0.3 is 15.8 Å². The van der Waals surface area contributed by atoms with E-state index < -0.39 is 6.10 Å². The van der Waals surface area contributed by atoms with E-state index in [0.717, 1.165) is 0 Å². The van der Waals surface area contributed by atoms with Crippen LogP contribution in [0, 0.1) is 0 Å². The van der Waals surface area contributed by atoms with Gasteiger partial charge in [0.1, 0.15) is 11.9 Å². The summed E-state index contributed by atoms with van der Waals surface area (Å²) in [5.74, 6) is 0.494. The van der Waals surface area contributed by atoms with Crippen molar-refractivity contribution in [2.24, 2.45) is 0 Å². The van der Waals surface area contributed by atoms with Gasteiger partial charge in [-0.2, -0.15) is 4.98 Å². The van der Waals surface area contributed by atoms with Crippen LogP contribution >= 0.6 is 0 Å². The first-order chi connectivity index (χ1) is 7.13. The van der Waals surface area contributed by atoms with Crippen LogP contribution in [0.25, 0.3) is 0 Å². The number of H-pyrrole nitrogens is 1. The molecule has 7 heteroatoms. The number of carbonyl (C=O) groups excluding carboxylic acids is 1. The molecule has 0 fully saturated rings. The number of ether oxygens (including phenoxy) is 1. The van der Waals surface area contributed by atoms with E-state index in [4.69, 9.17) is 10.5 Å². The number of aromatic nitrogens is 3. The van der Waals surface area contributed by atoms with Crippen molar-refractivity contribution in [3.63, 3.8) is 0 Å². The number of nitrogens with zero attached hydrogens (tertiary/aromatic N) is 2. The summed E-state index contributed by atoms with van der Waals surface area (Å²) in [5.41, 5.74) is 5.30. The lowest BCUT2D eigenvalue weighted by Crippen LogP contribution is -2.34. The van der Waals surface area contributed by atoms with Gasteiger partial charge in [-0.25, -0.2) is 0 Å². The van der Waals surface area contributed by atoms with Gasteiger partial charge in [-0.05, 0) is 13.8 Å². The van der Waals surface area contributed by atoms with E-state index in [2.05, 4.69) is 20.5 Å². The van der Waals surface area contributed by atoms with Crippen molar-refractivity contribution in [3.05, 3.63) is 5.82 Å². The van der Waals surface area contributed by atoms with Gasteiger partial charge in [0.25, 0.3) is 0 Å². The summed E-state index contributed by atoms with van der Waals surface area (Å²) in [6, 6.07) is 0. The molecule has 0 spiro atoms. The first-order valence-electron chi connectivity index (χ1n) is 4.69. The number of nitrogen functional groups attached to an aromatic ring is 1. The number of nitrogens with two attached hydrogens (primary N) is 1. The second-order valence-electron chi connectivity index (χ2n) is 2.96. The molecule has 84 valence electrons. The Bertz CT molecular complexity index is 325. The van der Waals surface area contributed by atoms with Crippen LogP contribution in [0.5, 0.6) is 0 Å². The quantitative estimate of drug-likeness (QED) is 0.607. The first kappa shape index (κ1) is 11.4. The molecule has 7 nitrogen and oxygen atoms in total. The van der Waals surface area contributed by atoms with Crippen LogP contribution in [0.15, 0.2) is 0 Å². The fourth-order valence-corrected chi connectivity index (χ4v) is 1.03. The van der Waals surface area contributed by atoms with Gasteiger partial charge in [0.15, 0.2) is 0 Å². The molecule has 0 aliphatic carbocycles. The van der Waals surface area contributed by atoms with Crippen molar-refractivity contribution in [1.29, 1.82) is 0 Å². The van der Waals surface area contributed by atoms with Crippen LogP contribution in [0.1, 0.15) is 19.7 Å². The zero-order chi connectivity index (χ0) is 11.3. The summed E-state index contributed by atoms with van der Waals surface area (Å²) in [6.45, 7) is 4.29. The van der Waals surface area contributed by atoms with Crippen LogP contribution < -0.4 is 11.1 Å². The zero-order valence-electron chi connectivity index (χ0n) is 8.78. The summed E-state index contributed by atoms with van der Waals surface area (Å²) in [6.07, 6.45) is -0.463. The molecule has 1 aromatic heterocycles. The second kappa shape index (κ2) is 5.30. The molecule has 1 aromatic rings. The zero-order valence-corrected chi connectivity index (χ0v) is 8.78. The van der Waals surface area contributed by atoms with Crippen molar-refractivity contribution >= 4 is 11.9 Å². The number of rotatable bonds is 5. The van der Waals surface area contributed by atoms with Crippen molar-refractivity contribution in [2.45, 2.75) is 26.5 Å².